The van der Waals surface area contributed by atoms with Crippen LogP contribution in [0.25, 0.3) is 6.08 Å². The van der Waals surface area contributed by atoms with Crippen LogP contribution in [0.15, 0.2) is 53.9 Å². The minimum atomic E-state index is -0.372. The van der Waals surface area contributed by atoms with Gasteiger partial charge in [0.05, 0.1) is 18.7 Å². The summed E-state index contributed by atoms with van der Waals surface area (Å²) in [6.45, 7) is 6.87. The van der Waals surface area contributed by atoms with Gasteiger partial charge in [0.15, 0.2) is 0 Å². The number of rotatable bonds is 7. The van der Waals surface area contributed by atoms with Crippen molar-refractivity contribution in [2.24, 2.45) is 0 Å². The summed E-state index contributed by atoms with van der Waals surface area (Å²) in [5, 5.41) is 5.00. The maximum atomic E-state index is 12.8. The molecule has 0 spiro atoms. The molecule has 0 saturated heterocycles. The molecule has 1 amide bonds. The zero-order chi connectivity index (χ0) is 20.8. The average molecular weight is 409 g/mol. The number of nitrogens with one attached hydrogen (secondary N) is 1. The van der Waals surface area contributed by atoms with Crippen molar-refractivity contribution in [3.8, 4) is 0 Å². The fourth-order valence-corrected chi connectivity index (χ4v) is 3.76. The summed E-state index contributed by atoms with van der Waals surface area (Å²) in [6.07, 6.45) is 3.07. The van der Waals surface area contributed by atoms with E-state index in [1.165, 1.54) is 11.0 Å². The van der Waals surface area contributed by atoms with Crippen LogP contribution < -0.4 is 5.32 Å². The first-order valence-electron chi connectivity index (χ1n) is 9.43. The van der Waals surface area contributed by atoms with Crippen LogP contribution in [0, 0.1) is 13.8 Å². The SMILES string of the molecule is CCOC(=O)/C=C/c1ccc(NC(=O)c2cc(C)n(Cc3cccs3)c2C)cc1. The van der Waals surface area contributed by atoms with Gasteiger partial charge in [0, 0.05) is 28.0 Å². The number of aryl methyl sites for hydroxylation is 1. The fraction of sp³-hybridized carbons (Fsp3) is 0.217. The Hall–Kier alpha value is -3.12. The van der Waals surface area contributed by atoms with Crippen molar-refractivity contribution < 1.29 is 14.3 Å². The molecule has 5 nitrogen and oxygen atoms in total. The first-order chi connectivity index (χ1) is 14.0. The average Bonchev–Trinajstić information content (AvgIpc) is 3.31. The number of hydrogen-bond acceptors (Lipinski definition) is 4. The summed E-state index contributed by atoms with van der Waals surface area (Å²) in [4.78, 5) is 25.4. The van der Waals surface area contributed by atoms with Gasteiger partial charge in [-0.15, -0.1) is 11.3 Å². The van der Waals surface area contributed by atoms with E-state index in [1.54, 1.807) is 24.3 Å². The number of hydrogen-bond donors (Lipinski definition) is 1. The van der Waals surface area contributed by atoms with Crippen LogP contribution >= 0.6 is 11.3 Å². The third-order valence-corrected chi connectivity index (χ3v) is 5.44. The van der Waals surface area contributed by atoms with Gasteiger partial charge in [-0.05, 0) is 62.1 Å². The number of aromatic nitrogens is 1. The van der Waals surface area contributed by atoms with Gasteiger partial charge in [-0.3, -0.25) is 4.79 Å². The lowest BCUT2D eigenvalue weighted by molar-refractivity contribution is -0.137. The molecule has 3 aromatic rings. The molecule has 1 aromatic carbocycles. The van der Waals surface area contributed by atoms with Crippen LogP contribution in [0.3, 0.4) is 0 Å². The third kappa shape index (κ3) is 5.23. The molecule has 0 saturated carbocycles. The Morgan fingerprint density at radius 3 is 2.59 bits per heavy atom. The first kappa shape index (κ1) is 20.6. The largest absolute Gasteiger partial charge is 0.463 e. The van der Waals surface area contributed by atoms with E-state index < -0.39 is 0 Å². The maximum absolute atomic E-state index is 12.8. The van der Waals surface area contributed by atoms with Crippen molar-refractivity contribution in [3.05, 3.63) is 81.3 Å². The van der Waals surface area contributed by atoms with Crippen LogP contribution in [0.2, 0.25) is 0 Å². The van der Waals surface area contributed by atoms with Crippen molar-refractivity contribution in [1.82, 2.24) is 4.57 Å². The Morgan fingerprint density at radius 2 is 1.93 bits per heavy atom. The van der Waals surface area contributed by atoms with Crippen LogP contribution in [0.1, 0.15) is 39.1 Å². The van der Waals surface area contributed by atoms with E-state index in [-0.39, 0.29) is 11.9 Å². The number of ether oxygens (including phenoxy) is 1. The summed E-state index contributed by atoms with van der Waals surface area (Å²) >= 11 is 1.71. The Balaban J connectivity index is 1.68. The van der Waals surface area contributed by atoms with Crippen LogP contribution in [0.5, 0.6) is 0 Å². The Kier molecular flexibility index (Phi) is 6.67. The van der Waals surface area contributed by atoms with E-state index in [2.05, 4.69) is 21.3 Å². The monoisotopic (exact) mass is 408 g/mol. The zero-order valence-electron chi connectivity index (χ0n) is 16.8. The molecule has 150 valence electrons. The minimum absolute atomic E-state index is 0.134. The Morgan fingerprint density at radius 1 is 1.17 bits per heavy atom. The van der Waals surface area contributed by atoms with Crippen molar-refractivity contribution in [2.45, 2.75) is 27.3 Å². The van der Waals surface area contributed by atoms with Gasteiger partial charge in [-0.1, -0.05) is 18.2 Å². The van der Waals surface area contributed by atoms with E-state index in [0.717, 1.165) is 23.5 Å². The van der Waals surface area contributed by atoms with Crippen LogP contribution in [-0.2, 0) is 16.1 Å². The predicted octanol–water partition coefficient (Wildman–Crippen LogP) is 5.04. The molecule has 2 heterocycles. The first-order valence-corrected chi connectivity index (χ1v) is 10.3. The van der Waals surface area contributed by atoms with Gasteiger partial charge in [-0.25, -0.2) is 4.79 Å². The molecule has 0 aliphatic heterocycles. The maximum Gasteiger partial charge on any atom is 0.330 e. The second-order valence-electron chi connectivity index (χ2n) is 6.61. The summed E-state index contributed by atoms with van der Waals surface area (Å²) in [6, 6.07) is 13.4. The molecule has 3 rings (SSSR count). The second kappa shape index (κ2) is 9.39. The van der Waals surface area contributed by atoms with Gasteiger partial charge in [0.25, 0.3) is 5.91 Å². The zero-order valence-corrected chi connectivity index (χ0v) is 17.6. The number of nitrogens with zero attached hydrogens (tertiary/aromatic N) is 1. The number of carbonyl (C=O) groups is 2. The lowest BCUT2D eigenvalue weighted by atomic mass is 10.1. The molecule has 1 N–H and O–H groups in total. The summed E-state index contributed by atoms with van der Waals surface area (Å²) in [5.41, 5.74) is 4.23. The molecule has 0 bridgehead atoms. The summed E-state index contributed by atoms with van der Waals surface area (Å²) < 4.78 is 7.02. The molecule has 0 aliphatic carbocycles. The second-order valence-corrected chi connectivity index (χ2v) is 7.64. The molecule has 2 aromatic heterocycles. The molecular formula is C23H24N2O3S. The van der Waals surface area contributed by atoms with Gasteiger partial charge in [0.2, 0.25) is 0 Å². The topological polar surface area (TPSA) is 60.3 Å². The van der Waals surface area contributed by atoms with Crippen molar-refractivity contribution in [2.75, 3.05) is 11.9 Å². The quantitative estimate of drug-likeness (QED) is 0.440. The summed E-state index contributed by atoms with van der Waals surface area (Å²) in [7, 11) is 0. The van der Waals surface area contributed by atoms with Gasteiger partial charge >= 0.3 is 5.97 Å². The normalized spacial score (nSPS) is 11.0. The summed E-state index contributed by atoms with van der Waals surface area (Å²) in [5.74, 6) is -0.506. The van der Waals surface area contributed by atoms with Crippen LogP contribution in [0.4, 0.5) is 5.69 Å². The van der Waals surface area contributed by atoms with E-state index in [0.29, 0.717) is 17.9 Å². The van der Waals surface area contributed by atoms with Crippen molar-refractivity contribution in [3.63, 3.8) is 0 Å². The molecular weight excluding hydrogens is 384 g/mol. The molecule has 0 atom stereocenters. The smallest absolute Gasteiger partial charge is 0.330 e. The van der Waals surface area contributed by atoms with Crippen LogP contribution in [-0.4, -0.2) is 23.1 Å². The van der Waals surface area contributed by atoms with E-state index in [4.69, 9.17) is 4.74 Å². The molecule has 29 heavy (non-hydrogen) atoms. The Bertz CT molecular complexity index is 1020. The number of amides is 1. The predicted molar refractivity (Wildman–Crippen MR) is 117 cm³/mol. The lowest BCUT2D eigenvalue weighted by Crippen LogP contribution is -2.13. The van der Waals surface area contributed by atoms with Gasteiger partial charge in [0.1, 0.15) is 0 Å². The number of thiophene rings is 1. The fourth-order valence-electron chi connectivity index (χ4n) is 3.06. The highest BCUT2D eigenvalue weighted by atomic mass is 32.1. The molecule has 6 heteroatoms. The number of benzene rings is 1. The highest BCUT2D eigenvalue weighted by Gasteiger charge is 2.16. The molecule has 0 radical (unpaired) electrons. The number of anilines is 1. The lowest BCUT2D eigenvalue weighted by Gasteiger charge is -2.09. The van der Waals surface area contributed by atoms with Gasteiger partial charge in [-0.2, -0.15) is 0 Å². The van der Waals surface area contributed by atoms with E-state index in [9.17, 15) is 9.59 Å². The molecule has 0 aliphatic rings. The van der Waals surface area contributed by atoms with Crippen molar-refractivity contribution in [1.29, 1.82) is 0 Å². The third-order valence-electron chi connectivity index (χ3n) is 4.58. The highest BCUT2D eigenvalue weighted by Crippen LogP contribution is 2.21. The van der Waals surface area contributed by atoms with E-state index >= 15 is 0 Å². The number of esters is 1. The Labute approximate surface area is 174 Å². The number of carbonyl (C=O) groups excluding carboxylic acids is 2. The highest BCUT2D eigenvalue weighted by molar-refractivity contribution is 7.09. The minimum Gasteiger partial charge on any atom is -0.463 e. The standard InChI is InChI=1S/C23H24N2O3S/c1-4-28-22(26)12-9-18-7-10-19(11-8-18)24-23(27)21-14-16(2)25(17(21)3)15-20-6-5-13-29-20/h5-14H,4,15H2,1-3H3,(H,24,27)/b12-9+. The van der Waals surface area contributed by atoms with E-state index in [1.807, 2.05) is 50.2 Å². The van der Waals surface area contributed by atoms with Crippen molar-refractivity contribution >= 4 is 35.0 Å². The molecule has 0 unspecified atom stereocenters. The molecule has 0 fully saturated rings. The van der Waals surface area contributed by atoms with Gasteiger partial charge < -0.3 is 14.6 Å².